The monoisotopic (exact) mass is 339 g/mol. The number of carbonyl (C=O) groups excluding carboxylic acids is 1. The molecule has 8 nitrogen and oxygen atoms in total. The number of carbonyl (C=O) groups is 1. The number of nitrogens with zero attached hydrogens (tertiary/aromatic N) is 2. The maximum absolute atomic E-state index is 11.7. The lowest BCUT2D eigenvalue weighted by molar-refractivity contribution is -0.135. The van der Waals surface area contributed by atoms with Gasteiger partial charge in [0, 0.05) is 39.2 Å². The Morgan fingerprint density at radius 1 is 1.32 bits per heavy atom. The van der Waals surface area contributed by atoms with Gasteiger partial charge < -0.3 is 19.6 Å². The molecule has 1 aliphatic rings. The summed E-state index contributed by atoms with van der Waals surface area (Å²) in [6.07, 6.45) is 0. The maximum Gasteiger partial charge on any atom is 0.340 e. The van der Waals surface area contributed by atoms with Crippen LogP contribution >= 0.6 is 7.67 Å². The van der Waals surface area contributed by atoms with E-state index in [0.29, 0.717) is 26.2 Å². The summed E-state index contributed by atoms with van der Waals surface area (Å²) in [7, 11) is -1.79. The molecule has 1 aliphatic heterocycles. The second kappa shape index (κ2) is 8.96. The number of hydrogen-bond acceptors (Lipinski definition) is 5. The summed E-state index contributed by atoms with van der Waals surface area (Å²) >= 11 is 0. The first-order valence-electron chi connectivity index (χ1n) is 7.26. The largest absolute Gasteiger partial charge is 0.393 e. The molecule has 9 heteroatoms. The molecule has 1 unspecified atom stereocenters. The molecule has 22 heavy (non-hydrogen) atoms. The van der Waals surface area contributed by atoms with Crippen molar-refractivity contribution < 1.29 is 24.1 Å². The van der Waals surface area contributed by atoms with Gasteiger partial charge in [-0.2, -0.15) is 0 Å². The van der Waals surface area contributed by atoms with Crippen molar-refractivity contribution in [3.8, 4) is 0 Å². The summed E-state index contributed by atoms with van der Waals surface area (Å²) in [4.78, 5) is 13.5. The molecule has 1 saturated heterocycles. The van der Waals surface area contributed by atoms with Crippen LogP contribution in [-0.2, 0) is 13.9 Å². The third-order valence-electron chi connectivity index (χ3n) is 3.10. The average molecular weight is 339 g/mol. The first kappa shape index (κ1) is 21.5. The van der Waals surface area contributed by atoms with Crippen molar-refractivity contribution in [1.29, 1.82) is 0 Å². The predicted octanol–water partition coefficient (Wildman–Crippen LogP) is 0.249. The molecule has 4 N–H and O–H groups in total. The number of rotatable bonds is 4. The van der Waals surface area contributed by atoms with Crippen LogP contribution in [0.25, 0.3) is 0 Å². The fraction of sp³-hybridized carbons (Fsp3) is 0.923. The summed E-state index contributed by atoms with van der Waals surface area (Å²) in [5.74, 6) is 0.127. The van der Waals surface area contributed by atoms with Crippen molar-refractivity contribution in [3.05, 3.63) is 0 Å². The van der Waals surface area contributed by atoms with Crippen molar-refractivity contribution in [2.45, 2.75) is 33.3 Å². The molecule has 0 aromatic carbocycles. The van der Waals surface area contributed by atoms with Crippen LogP contribution < -0.4 is 5.50 Å². The van der Waals surface area contributed by atoms with E-state index in [4.69, 9.17) is 20.2 Å². The highest BCUT2D eigenvalue weighted by atomic mass is 31.2. The van der Waals surface area contributed by atoms with Gasteiger partial charge in [0.05, 0.1) is 12.2 Å². The van der Waals surface area contributed by atoms with Crippen LogP contribution in [0, 0.1) is 5.92 Å². The molecule has 0 aromatic rings. The van der Waals surface area contributed by atoms with Gasteiger partial charge in [-0.05, 0) is 13.8 Å². The van der Waals surface area contributed by atoms with E-state index >= 15 is 0 Å². The van der Waals surface area contributed by atoms with Gasteiger partial charge in [-0.25, -0.2) is 10.2 Å². The van der Waals surface area contributed by atoms with Crippen LogP contribution in [0.5, 0.6) is 0 Å². The van der Waals surface area contributed by atoms with Gasteiger partial charge in [0.1, 0.15) is 0 Å². The van der Waals surface area contributed by atoms with Crippen molar-refractivity contribution in [2.24, 2.45) is 11.4 Å². The zero-order valence-electron chi connectivity index (χ0n) is 14.2. The third kappa shape index (κ3) is 7.67. The van der Waals surface area contributed by atoms with Gasteiger partial charge >= 0.3 is 7.67 Å². The van der Waals surface area contributed by atoms with E-state index in [1.54, 1.807) is 23.4 Å². The third-order valence-corrected chi connectivity index (χ3v) is 4.82. The van der Waals surface area contributed by atoms with Gasteiger partial charge in [0.15, 0.2) is 0 Å². The fourth-order valence-electron chi connectivity index (χ4n) is 1.68. The van der Waals surface area contributed by atoms with Crippen molar-refractivity contribution in [3.63, 3.8) is 0 Å². The van der Waals surface area contributed by atoms with Crippen LogP contribution in [0.15, 0.2) is 0 Å². The van der Waals surface area contributed by atoms with Crippen LogP contribution in [0.4, 0.5) is 0 Å². The van der Waals surface area contributed by atoms with E-state index in [0.717, 1.165) is 0 Å². The molecule has 0 aliphatic carbocycles. The molecular formula is C13H30N3O5P. The Morgan fingerprint density at radius 3 is 2.00 bits per heavy atom. The van der Waals surface area contributed by atoms with E-state index in [-0.39, 0.29) is 18.4 Å². The smallest absolute Gasteiger partial charge is 0.340 e. The summed E-state index contributed by atoms with van der Waals surface area (Å²) in [5.41, 5.74) is 4.63. The van der Waals surface area contributed by atoms with Crippen molar-refractivity contribution in [2.75, 3.05) is 39.9 Å². The standard InChI is InChI=1S/C9H20N3O3P.C4H10O2/c1-8(2)9(13)11-4-6-12(7-5-11)16(10,14)15-3;1-4(2,6)3-5/h8H,4-7H2,1-3H3,(H2,10,14);5-6H,3H2,1-2H3. The minimum atomic E-state index is -3.13. The Bertz CT molecular complexity index is 390. The molecule has 132 valence electrons. The molecule has 1 heterocycles. The number of aliphatic hydroxyl groups excluding tert-OH is 1. The van der Waals surface area contributed by atoms with E-state index in [1.807, 2.05) is 13.8 Å². The SMILES string of the molecule is CC(C)(O)CO.COP(N)(=O)N1CCN(C(=O)C(C)C)CC1. The first-order chi connectivity index (χ1) is 9.94. The van der Waals surface area contributed by atoms with Gasteiger partial charge in [-0.15, -0.1) is 0 Å². The van der Waals surface area contributed by atoms with E-state index in [1.165, 1.54) is 7.11 Å². The van der Waals surface area contributed by atoms with E-state index < -0.39 is 13.3 Å². The average Bonchev–Trinajstić information content (AvgIpc) is 2.46. The van der Waals surface area contributed by atoms with Crippen molar-refractivity contribution in [1.82, 2.24) is 9.57 Å². The highest BCUT2D eigenvalue weighted by molar-refractivity contribution is 7.53. The Kier molecular flexibility index (Phi) is 8.75. The summed E-state index contributed by atoms with van der Waals surface area (Å²) < 4.78 is 18.1. The van der Waals surface area contributed by atoms with E-state index in [2.05, 4.69) is 0 Å². The molecule has 1 fully saturated rings. The molecule has 1 rings (SSSR count). The molecule has 1 atom stereocenters. The van der Waals surface area contributed by atoms with Crippen LogP contribution in [0.3, 0.4) is 0 Å². The second-order valence-corrected chi connectivity index (χ2v) is 8.21. The number of piperazine rings is 1. The van der Waals surface area contributed by atoms with Gasteiger partial charge in [0.25, 0.3) is 0 Å². The zero-order valence-corrected chi connectivity index (χ0v) is 15.0. The molecule has 0 bridgehead atoms. The highest BCUT2D eigenvalue weighted by Crippen LogP contribution is 2.41. The summed E-state index contributed by atoms with van der Waals surface area (Å²) in [5, 5.41) is 16.7. The molecule has 0 aromatic heterocycles. The van der Waals surface area contributed by atoms with Crippen LogP contribution in [0.1, 0.15) is 27.7 Å². The highest BCUT2D eigenvalue weighted by Gasteiger charge is 2.31. The number of amides is 1. The molecule has 0 saturated carbocycles. The fourth-order valence-corrected chi connectivity index (χ4v) is 2.64. The lowest BCUT2D eigenvalue weighted by Gasteiger charge is -2.36. The summed E-state index contributed by atoms with van der Waals surface area (Å²) in [6.45, 7) is 8.78. The van der Waals surface area contributed by atoms with Crippen LogP contribution in [-0.4, -0.2) is 71.2 Å². The second-order valence-electron chi connectivity index (χ2n) is 6.15. The van der Waals surface area contributed by atoms with Crippen LogP contribution in [0.2, 0.25) is 0 Å². The predicted molar refractivity (Wildman–Crippen MR) is 85.2 cm³/mol. The normalized spacial score (nSPS) is 19.4. The molecule has 0 spiro atoms. The number of nitrogens with two attached hydrogens (primary N) is 1. The number of aliphatic hydroxyl groups is 2. The Labute approximate surface area is 132 Å². The molecular weight excluding hydrogens is 309 g/mol. The Hall–Kier alpha value is -0.500. The van der Waals surface area contributed by atoms with Gasteiger partial charge in [0.2, 0.25) is 5.91 Å². The molecule has 0 radical (unpaired) electrons. The van der Waals surface area contributed by atoms with Gasteiger partial charge in [-0.1, -0.05) is 13.8 Å². The maximum atomic E-state index is 11.7. The lowest BCUT2D eigenvalue weighted by atomic mass is 10.2. The Balaban J connectivity index is 0.000000626. The molecule has 1 amide bonds. The lowest BCUT2D eigenvalue weighted by Crippen LogP contribution is -2.49. The van der Waals surface area contributed by atoms with E-state index in [9.17, 15) is 9.36 Å². The minimum absolute atomic E-state index is 0.00124. The van der Waals surface area contributed by atoms with Gasteiger partial charge in [-0.3, -0.25) is 9.36 Å². The zero-order chi connectivity index (χ0) is 17.6. The first-order valence-corrected chi connectivity index (χ1v) is 8.91. The summed E-state index contributed by atoms with van der Waals surface area (Å²) in [6, 6.07) is 0. The Morgan fingerprint density at radius 2 is 1.73 bits per heavy atom. The quantitative estimate of drug-likeness (QED) is 0.629. The minimum Gasteiger partial charge on any atom is -0.393 e. The number of hydrogen-bond donors (Lipinski definition) is 3. The van der Waals surface area contributed by atoms with Crippen molar-refractivity contribution >= 4 is 13.6 Å². The topological polar surface area (TPSA) is 116 Å².